The highest BCUT2D eigenvalue weighted by atomic mass is 19.1. The van der Waals surface area contributed by atoms with Crippen molar-refractivity contribution >= 4 is 11.8 Å². The summed E-state index contributed by atoms with van der Waals surface area (Å²) < 4.78 is 29.8. The normalized spacial score (nSPS) is 21.0. The molecule has 1 aliphatic heterocycles. The molecule has 1 aromatic rings. The molecule has 7 heteroatoms. The molecule has 0 aliphatic carbocycles. The SMILES string of the molecule is COCC1CC(Oc2cc(N)cc(F)c2)CN1C(=O)OC(C)(C)C. The Bertz CT molecular complexity index is 568. The fraction of sp³-hybridized carbons (Fsp3) is 0.588. The summed E-state index contributed by atoms with van der Waals surface area (Å²) in [5.74, 6) is -0.111. The number of amides is 1. The average Bonchev–Trinajstić information content (AvgIpc) is 2.78. The van der Waals surface area contributed by atoms with Crippen LogP contribution in [0.4, 0.5) is 14.9 Å². The molecule has 134 valence electrons. The predicted octanol–water partition coefficient (Wildman–Crippen LogP) is 2.81. The van der Waals surface area contributed by atoms with Crippen LogP contribution >= 0.6 is 0 Å². The van der Waals surface area contributed by atoms with Crippen molar-refractivity contribution in [2.45, 2.75) is 44.9 Å². The van der Waals surface area contributed by atoms with Crippen molar-refractivity contribution in [3.63, 3.8) is 0 Å². The van der Waals surface area contributed by atoms with Gasteiger partial charge in [-0.25, -0.2) is 9.18 Å². The van der Waals surface area contributed by atoms with Crippen LogP contribution in [0.15, 0.2) is 18.2 Å². The monoisotopic (exact) mass is 340 g/mol. The van der Waals surface area contributed by atoms with Crippen molar-refractivity contribution in [3.05, 3.63) is 24.0 Å². The van der Waals surface area contributed by atoms with E-state index < -0.39 is 17.5 Å². The number of anilines is 1. The van der Waals surface area contributed by atoms with Crippen LogP contribution in [-0.2, 0) is 9.47 Å². The Kier molecular flexibility index (Phi) is 5.54. The minimum Gasteiger partial charge on any atom is -0.488 e. The summed E-state index contributed by atoms with van der Waals surface area (Å²) in [5, 5.41) is 0. The Labute approximate surface area is 141 Å². The number of benzene rings is 1. The molecule has 1 amide bonds. The van der Waals surface area contributed by atoms with Crippen molar-refractivity contribution in [1.29, 1.82) is 0 Å². The Hall–Kier alpha value is -2.02. The molecule has 6 nitrogen and oxygen atoms in total. The molecule has 0 saturated carbocycles. The van der Waals surface area contributed by atoms with Gasteiger partial charge < -0.3 is 19.9 Å². The fourth-order valence-corrected chi connectivity index (χ4v) is 2.70. The van der Waals surface area contributed by atoms with Crippen molar-refractivity contribution in [1.82, 2.24) is 4.90 Å². The van der Waals surface area contributed by atoms with E-state index in [9.17, 15) is 9.18 Å². The van der Waals surface area contributed by atoms with Gasteiger partial charge >= 0.3 is 6.09 Å². The Morgan fingerprint density at radius 2 is 2.08 bits per heavy atom. The second-order valence-corrected chi connectivity index (χ2v) is 6.94. The van der Waals surface area contributed by atoms with E-state index in [4.69, 9.17) is 19.9 Å². The summed E-state index contributed by atoms with van der Waals surface area (Å²) >= 11 is 0. The first kappa shape index (κ1) is 18.3. The molecule has 2 N–H and O–H groups in total. The number of nitrogens with two attached hydrogens (primary N) is 1. The van der Waals surface area contributed by atoms with E-state index in [1.54, 1.807) is 18.1 Å². The maximum absolute atomic E-state index is 13.4. The van der Waals surface area contributed by atoms with Crippen LogP contribution in [0.1, 0.15) is 27.2 Å². The third-order valence-corrected chi connectivity index (χ3v) is 3.56. The number of likely N-dealkylation sites (tertiary alicyclic amines) is 1. The van der Waals surface area contributed by atoms with Crippen molar-refractivity contribution in [2.24, 2.45) is 0 Å². The maximum Gasteiger partial charge on any atom is 0.410 e. The molecule has 0 spiro atoms. The lowest BCUT2D eigenvalue weighted by Crippen LogP contribution is -2.42. The Morgan fingerprint density at radius 1 is 1.38 bits per heavy atom. The van der Waals surface area contributed by atoms with Gasteiger partial charge in [-0.15, -0.1) is 0 Å². The number of hydrogen-bond acceptors (Lipinski definition) is 5. The van der Waals surface area contributed by atoms with Gasteiger partial charge in [0.05, 0.1) is 19.2 Å². The van der Waals surface area contributed by atoms with Crippen LogP contribution in [0, 0.1) is 5.82 Å². The fourth-order valence-electron chi connectivity index (χ4n) is 2.70. The van der Waals surface area contributed by atoms with Gasteiger partial charge in [-0.1, -0.05) is 0 Å². The number of nitrogens with zero attached hydrogens (tertiary/aromatic N) is 1. The molecule has 1 heterocycles. The van der Waals surface area contributed by atoms with Crippen LogP contribution < -0.4 is 10.5 Å². The van der Waals surface area contributed by atoms with Gasteiger partial charge in [0.2, 0.25) is 0 Å². The quantitative estimate of drug-likeness (QED) is 0.853. The van der Waals surface area contributed by atoms with E-state index >= 15 is 0 Å². The second kappa shape index (κ2) is 7.25. The Balaban J connectivity index is 2.07. The first-order valence-electron chi connectivity index (χ1n) is 7.89. The highest BCUT2D eigenvalue weighted by Crippen LogP contribution is 2.26. The summed E-state index contributed by atoms with van der Waals surface area (Å²) in [6, 6.07) is 3.91. The molecule has 2 atom stereocenters. The lowest BCUT2D eigenvalue weighted by molar-refractivity contribution is 0.0140. The van der Waals surface area contributed by atoms with E-state index in [1.807, 2.05) is 20.8 Å². The minimum absolute atomic E-state index is 0.152. The number of carbonyl (C=O) groups excluding carboxylic acids is 1. The number of hydrogen-bond donors (Lipinski definition) is 1. The number of nitrogen functional groups attached to an aromatic ring is 1. The summed E-state index contributed by atoms with van der Waals surface area (Å²) in [7, 11) is 1.58. The highest BCUT2D eigenvalue weighted by Gasteiger charge is 2.38. The topological polar surface area (TPSA) is 74.0 Å². The van der Waals surface area contributed by atoms with E-state index in [0.29, 0.717) is 31.0 Å². The largest absolute Gasteiger partial charge is 0.488 e. The first-order valence-corrected chi connectivity index (χ1v) is 7.89. The van der Waals surface area contributed by atoms with Gasteiger partial charge in [-0.3, -0.25) is 4.90 Å². The number of methoxy groups -OCH3 is 1. The van der Waals surface area contributed by atoms with Gasteiger partial charge in [0.15, 0.2) is 0 Å². The van der Waals surface area contributed by atoms with Crippen LogP contribution in [0.3, 0.4) is 0 Å². The van der Waals surface area contributed by atoms with Crippen LogP contribution in [0.25, 0.3) is 0 Å². The van der Waals surface area contributed by atoms with E-state index in [-0.39, 0.29) is 12.1 Å². The summed E-state index contributed by atoms with van der Waals surface area (Å²) in [6.07, 6.45) is -0.114. The van der Waals surface area contributed by atoms with E-state index in [1.165, 1.54) is 12.1 Å². The molecule has 1 aromatic carbocycles. The molecule has 0 radical (unpaired) electrons. The second-order valence-electron chi connectivity index (χ2n) is 6.94. The van der Waals surface area contributed by atoms with Crippen LogP contribution in [0.5, 0.6) is 5.75 Å². The van der Waals surface area contributed by atoms with Crippen LogP contribution in [0.2, 0.25) is 0 Å². The lowest BCUT2D eigenvalue weighted by atomic mass is 10.2. The zero-order chi connectivity index (χ0) is 17.9. The average molecular weight is 340 g/mol. The number of halogens is 1. The third-order valence-electron chi connectivity index (χ3n) is 3.56. The lowest BCUT2D eigenvalue weighted by Gasteiger charge is -2.28. The van der Waals surface area contributed by atoms with Gasteiger partial charge in [-0.05, 0) is 26.8 Å². The molecule has 0 bridgehead atoms. The zero-order valence-electron chi connectivity index (χ0n) is 14.5. The molecule has 1 fully saturated rings. The first-order chi connectivity index (χ1) is 11.2. The summed E-state index contributed by atoms with van der Waals surface area (Å²) in [4.78, 5) is 14.0. The molecule has 1 saturated heterocycles. The van der Waals surface area contributed by atoms with Crippen molar-refractivity contribution < 1.29 is 23.4 Å². The smallest absolute Gasteiger partial charge is 0.410 e. The maximum atomic E-state index is 13.4. The number of carbonyl (C=O) groups is 1. The molecule has 0 aromatic heterocycles. The van der Waals surface area contributed by atoms with E-state index in [0.717, 1.165) is 0 Å². The molecular weight excluding hydrogens is 315 g/mol. The minimum atomic E-state index is -0.579. The van der Waals surface area contributed by atoms with Gasteiger partial charge in [0.25, 0.3) is 0 Å². The molecular formula is C17H25FN2O4. The molecule has 2 unspecified atom stereocenters. The van der Waals surface area contributed by atoms with Crippen molar-refractivity contribution in [3.8, 4) is 5.75 Å². The van der Waals surface area contributed by atoms with Gasteiger partial charge in [0.1, 0.15) is 23.3 Å². The van der Waals surface area contributed by atoms with Gasteiger partial charge in [0, 0.05) is 31.4 Å². The molecule has 24 heavy (non-hydrogen) atoms. The zero-order valence-corrected chi connectivity index (χ0v) is 14.5. The highest BCUT2D eigenvalue weighted by molar-refractivity contribution is 5.69. The summed E-state index contributed by atoms with van der Waals surface area (Å²) in [5.41, 5.74) is 5.34. The van der Waals surface area contributed by atoms with E-state index in [2.05, 4.69) is 0 Å². The van der Waals surface area contributed by atoms with Crippen LogP contribution in [-0.4, -0.2) is 49.0 Å². The molecule has 1 aliphatic rings. The standard InChI is InChI=1S/C17H25FN2O4/c1-17(2,3)24-16(21)20-9-15(8-13(20)10-22-4)23-14-6-11(18)5-12(19)7-14/h5-7,13,15H,8-10,19H2,1-4H3. The van der Waals surface area contributed by atoms with Gasteiger partial charge in [-0.2, -0.15) is 0 Å². The Morgan fingerprint density at radius 3 is 2.67 bits per heavy atom. The third kappa shape index (κ3) is 4.99. The van der Waals surface area contributed by atoms with Crippen molar-refractivity contribution in [2.75, 3.05) is 26.0 Å². The molecule has 2 rings (SSSR count). The number of rotatable bonds is 4. The number of ether oxygens (including phenoxy) is 3. The summed E-state index contributed by atoms with van der Waals surface area (Å²) in [6.45, 7) is 6.17. The predicted molar refractivity (Wildman–Crippen MR) is 88.4 cm³/mol.